The van der Waals surface area contributed by atoms with Crippen LogP contribution in [0, 0.1) is 5.41 Å². The first-order valence-electron chi connectivity index (χ1n) is 8.35. The molecule has 1 aliphatic rings. The number of benzene rings is 1. The molecule has 2 N–H and O–H groups in total. The maximum atomic E-state index is 12.6. The minimum absolute atomic E-state index is 0. The van der Waals surface area contributed by atoms with Crippen molar-refractivity contribution in [2.24, 2.45) is 5.41 Å². The van der Waals surface area contributed by atoms with Crippen molar-refractivity contribution in [2.75, 3.05) is 33.4 Å². The van der Waals surface area contributed by atoms with E-state index in [2.05, 4.69) is 10.6 Å². The van der Waals surface area contributed by atoms with Crippen LogP contribution in [0.2, 0.25) is 0 Å². The number of rotatable bonds is 6. The van der Waals surface area contributed by atoms with Gasteiger partial charge in [-0.05, 0) is 37.6 Å². The molecule has 0 unspecified atom stereocenters. The Morgan fingerprint density at radius 3 is 2.64 bits per heavy atom. The summed E-state index contributed by atoms with van der Waals surface area (Å²) in [7, 11) is 1.71. The molecule has 25 heavy (non-hydrogen) atoms. The zero-order valence-corrected chi connectivity index (χ0v) is 15.2. The monoisotopic (exact) mass is 364 g/mol. The number of piperidine rings is 1. The molecule has 0 bridgehead atoms. The van der Waals surface area contributed by atoms with Crippen molar-refractivity contribution < 1.29 is 13.9 Å². The lowest BCUT2D eigenvalue weighted by Crippen LogP contribution is -2.47. The van der Waals surface area contributed by atoms with Gasteiger partial charge in [-0.1, -0.05) is 30.3 Å². The molecule has 1 aromatic heterocycles. The Hall–Kier alpha value is -1.82. The minimum Gasteiger partial charge on any atom is -0.459 e. The van der Waals surface area contributed by atoms with Gasteiger partial charge in [0.1, 0.15) is 0 Å². The van der Waals surface area contributed by atoms with Gasteiger partial charge in [0.25, 0.3) is 5.91 Å². The predicted octanol–water partition coefficient (Wildman–Crippen LogP) is 3.11. The molecule has 136 valence electrons. The third-order valence-corrected chi connectivity index (χ3v) is 4.69. The van der Waals surface area contributed by atoms with Crippen molar-refractivity contribution in [3.05, 3.63) is 48.4 Å². The standard InChI is InChI=1S/C19H24N2O3.ClH/c1-23-14-19(8-10-20-11-9-19)13-21-18(22)17-16(7-12-24-17)15-5-3-2-4-6-15;/h2-7,12,20H,8-11,13-14H2,1H3,(H,21,22);1H. The predicted molar refractivity (Wildman–Crippen MR) is 100 cm³/mol. The van der Waals surface area contributed by atoms with Gasteiger partial charge >= 0.3 is 0 Å². The summed E-state index contributed by atoms with van der Waals surface area (Å²) < 4.78 is 10.9. The Kier molecular flexibility index (Phi) is 7.05. The normalized spacial score (nSPS) is 16.0. The van der Waals surface area contributed by atoms with Crippen LogP contribution in [0.25, 0.3) is 11.1 Å². The van der Waals surface area contributed by atoms with Crippen LogP contribution >= 0.6 is 12.4 Å². The molecule has 5 nitrogen and oxygen atoms in total. The number of hydrogen-bond donors (Lipinski definition) is 2. The highest BCUT2D eigenvalue weighted by Gasteiger charge is 2.33. The molecule has 0 saturated carbocycles. The molecule has 0 atom stereocenters. The minimum atomic E-state index is -0.173. The average molecular weight is 365 g/mol. The van der Waals surface area contributed by atoms with Crippen LogP contribution in [-0.2, 0) is 4.74 Å². The Balaban J connectivity index is 0.00000225. The highest BCUT2D eigenvalue weighted by atomic mass is 35.5. The van der Waals surface area contributed by atoms with Gasteiger partial charge in [-0.3, -0.25) is 4.79 Å². The maximum Gasteiger partial charge on any atom is 0.287 e. The van der Waals surface area contributed by atoms with E-state index in [1.165, 1.54) is 0 Å². The fraction of sp³-hybridized carbons (Fsp3) is 0.421. The molecule has 0 aliphatic carbocycles. The number of hydrogen-bond acceptors (Lipinski definition) is 4. The lowest BCUT2D eigenvalue weighted by atomic mass is 9.79. The molecule has 1 amide bonds. The number of amides is 1. The number of nitrogens with one attached hydrogen (secondary N) is 2. The quantitative estimate of drug-likeness (QED) is 0.826. The Morgan fingerprint density at radius 1 is 1.24 bits per heavy atom. The smallest absolute Gasteiger partial charge is 0.287 e. The number of carbonyl (C=O) groups excluding carboxylic acids is 1. The van der Waals surface area contributed by atoms with E-state index in [0.717, 1.165) is 37.1 Å². The van der Waals surface area contributed by atoms with E-state index < -0.39 is 0 Å². The topological polar surface area (TPSA) is 63.5 Å². The fourth-order valence-electron chi connectivity index (χ4n) is 3.31. The van der Waals surface area contributed by atoms with Crippen LogP contribution in [0.3, 0.4) is 0 Å². The highest BCUT2D eigenvalue weighted by Crippen LogP contribution is 2.29. The molecular weight excluding hydrogens is 340 g/mol. The third-order valence-electron chi connectivity index (χ3n) is 4.69. The number of carbonyl (C=O) groups is 1. The first kappa shape index (κ1) is 19.5. The summed E-state index contributed by atoms with van der Waals surface area (Å²) in [5, 5.41) is 6.41. The van der Waals surface area contributed by atoms with E-state index in [0.29, 0.717) is 18.9 Å². The van der Waals surface area contributed by atoms with Gasteiger partial charge < -0.3 is 19.8 Å². The molecule has 0 radical (unpaired) electrons. The van der Waals surface area contributed by atoms with Gasteiger partial charge in [0.05, 0.1) is 12.9 Å². The zero-order chi connectivity index (χ0) is 16.8. The molecule has 1 aliphatic heterocycles. The summed E-state index contributed by atoms with van der Waals surface area (Å²) in [6, 6.07) is 11.6. The van der Waals surface area contributed by atoms with Gasteiger partial charge in [-0.15, -0.1) is 12.4 Å². The van der Waals surface area contributed by atoms with Crippen molar-refractivity contribution in [3.63, 3.8) is 0 Å². The van der Waals surface area contributed by atoms with E-state index in [-0.39, 0.29) is 23.7 Å². The van der Waals surface area contributed by atoms with Crippen molar-refractivity contribution in [1.29, 1.82) is 0 Å². The molecule has 0 spiro atoms. The van der Waals surface area contributed by atoms with Crippen molar-refractivity contribution in [3.8, 4) is 11.1 Å². The Bertz CT molecular complexity index is 661. The van der Waals surface area contributed by atoms with Gasteiger partial charge in [0.2, 0.25) is 0 Å². The highest BCUT2D eigenvalue weighted by molar-refractivity contribution is 5.98. The Morgan fingerprint density at radius 2 is 1.96 bits per heavy atom. The fourth-order valence-corrected chi connectivity index (χ4v) is 3.31. The lowest BCUT2D eigenvalue weighted by Gasteiger charge is -2.37. The van der Waals surface area contributed by atoms with Gasteiger partial charge in [-0.2, -0.15) is 0 Å². The number of ether oxygens (including phenoxy) is 1. The summed E-state index contributed by atoms with van der Waals surface area (Å²) in [5.74, 6) is 0.190. The second-order valence-corrected chi connectivity index (χ2v) is 6.40. The molecular formula is C19H25ClN2O3. The molecule has 1 aromatic carbocycles. The van der Waals surface area contributed by atoms with E-state index in [4.69, 9.17) is 9.15 Å². The molecule has 3 rings (SSSR count). The first-order chi connectivity index (χ1) is 11.7. The van der Waals surface area contributed by atoms with Crippen LogP contribution in [0.1, 0.15) is 23.4 Å². The average Bonchev–Trinajstić information content (AvgIpc) is 3.11. The molecule has 1 fully saturated rings. The second kappa shape index (κ2) is 9.04. The lowest BCUT2D eigenvalue weighted by molar-refractivity contribution is 0.0506. The number of methoxy groups -OCH3 is 1. The number of halogens is 1. The SMILES string of the molecule is COCC1(CNC(=O)c2occc2-c2ccccc2)CCNCC1.Cl. The Labute approximate surface area is 154 Å². The van der Waals surface area contributed by atoms with Gasteiger partial charge in [0.15, 0.2) is 5.76 Å². The third kappa shape index (κ3) is 4.63. The molecule has 1 saturated heterocycles. The van der Waals surface area contributed by atoms with Crippen molar-refractivity contribution in [2.45, 2.75) is 12.8 Å². The van der Waals surface area contributed by atoms with Crippen LogP contribution in [-0.4, -0.2) is 39.3 Å². The molecule has 2 heterocycles. The zero-order valence-electron chi connectivity index (χ0n) is 14.4. The summed E-state index contributed by atoms with van der Waals surface area (Å²) in [5.41, 5.74) is 1.79. The summed E-state index contributed by atoms with van der Waals surface area (Å²) in [4.78, 5) is 12.6. The van der Waals surface area contributed by atoms with Crippen LogP contribution in [0.4, 0.5) is 0 Å². The van der Waals surface area contributed by atoms with Crippen LogP contribution in [0.15, 0.2) is 47.1 Å². The van der Waals surface area contributed by atoms with Crippen LogP contribution in [0.5, 0.6) is 0 Å². The maximum absolute atomic E-state index is 12.6. The first-order valence-corrected chi connectivity index (χ1v) is 8.35. The second-order valence-electron chi connectivity index (χ2n) is 6.40. The van der Waals surface area contributed by atoms with Crippen molar-refractivity contribution in [1.82, 2.24) is 10.6 Å². The van der Waals surface area contributed by atoms with Gasteiger partial charge in [-0.25, -0.2) is 0 Å². The van der Waals surface area contributed by atoms with Crippen molar-refractivity contribution >= 4 is 18.3 Å². The van der Waals surface area contributed by atoms with E-state index in [1.54, 1.807) is 13.4 Å². The van der Waals surface area contributed by atoms with E-state index in [9.17, 15) is 4.79 Å². The largest absolute Gasteiger partial charge is 0.459 e. The summed E-state index contributed by atoms with van der Waals surface area (Å²) >= 11 is 0. The van der Waals surface area contributed by atoms with E-state index >= 15 is 0 Å². The molecule has 2 aromatic rings. The van der Waals surface area contributed by atoms with E-state index in [1.807, 2.05) is 36.4 Å². The summed E-state index contributed by atoms with van der Waals surface area (Å²) in [6.45, 7) is 3.15. The summed E-state index contributed by atoms with van der Waals surface area (Å²) in [6.07, 6.45) is 3.54. The number of furan rings is 1. The molecule has 6 heteroatoms. The van der Waals surface area contributed by atoms with Gasteiger partial charge in [0, 0.05) is 24.6 Å². The van der Waals surface area contributed by atoms with Crippen LogP contribution < -0.4 is 10.6 Å².